The Bertz CT molecular complexity index is 2660. The van der Waals surface area contributed by atoms with Gasteiger partial charge in [-0.3, -0.25) is 22.7 Å². The Morgan fingerprint density at radius 3 is 1.45 bits per heavy atom. The number of hydrogen-bond donors (Lipinski definition) is 13. The molecule has 3 aliphatic heterocycles. The molecule has 0 amide bonds. The van der Waals surface area contributed by atoms with Crippen LogP contribution < -0.4 is 11.5 Å². The minimum Gasteiger partial charge on any atom is -0.387 e. The quantitative estimate of drug-likeness (QED) is 0.0400. The van der Waals surface area contributed by atoms with Crippen LogP contribution in [0, 0.1) is 0 Å². The van der Waals surface area contributed by atoms with E-state index >= 15 is 0 Å². The third kappa shape index (κ3) is 11.4. The average Bonchev–Trinajstić information content (AvgIpc) is 4.01. The van der Waals surface area contributed by atoms with Crippen LogP contribution in [0.3, 0.4) is 0 Å². The molecule has 368 valence electrons. The van der Waals surface area contributed by atoms with E-state index in [0.29, 0.717) is 0 Å². The number of phosphoric ester groups is 3. The molecule has 36 nitrogen and oxygen atoms in total. The van der Waals surface area contributed by atoms with E-state index in [-0.39, 0.29) is 34.0 Å². The van der Waals surface area contributed by atoms with Gasteiger partial charge in [-0.05, 0) is 0 Å². The summed E-state index contributed by atoms with van der Waals surface area (Å²) < 4.78 is 111. The van der Waals surface area contributed by atoms with Gasteiger partial charge in [-0.2, -0.15) is 12.9 Å². The van der Waals surface area contributed by atoms with E-state index in [0.717, 1.165) is 23.5 Å². The topological polar surface area (TPSA) is 539 Å². The monoisotopic (exact) mass is 1050 g/mol. The molecule has 0 bridgehead atoms. The largest absolute Gasteiger partial charge is 0.490 e. The lowest BCUT2D eigenvalue weighted by Gasteiger charge is -2.26. The number of anilines is 2. The van der Waals surface area contributed by atoms with E-state index in [1.54, 1.807) is 0 Å². The molecule has 4 aromatic heterocycles. The summed E-state index contributed by atoms with van der Waals surface area (Å²) in [7, 11) is -28.7. The number of hydrogen-bond acceptors (Lipinski definition) is 28. The summed E-state index contributed by atoms with van der Waals surface area (Å²) >= 11 is 0. The predicted molar refractivity (Wildman–Crippen MR) is 203 cm³/mol. The highest BCUT2D eigenvalue weighted by Crippen LogP contribution is 2.66. The van der Waals surface area contributed by atoms with E-state index in [4.69, 9.17) is 49.2 Å². The van der Waals surface area contributed by atoms with Crippen LogP contribution >= 0.6 is 39.1 Å². The van der Waals surface area contributed by atoms with E-state index in [2.05, 4.69) is 47.4 Å². The maximum atomic E-state index is 12.8. The van der Waals surface area contributed by atoms with Gasteiger partial charge in [-0.1, -0.05) is 0 Å². The first-order chi connectivity index (χ1) is 30.6. The number of phosphoric acid groups is 5. The third-order valence-electron chi connectivity index (χ3n) is 9.41. The first-order valence-corrected chi connectivity index (χ1v) is 25.5. The minimum absolute atomic E-state index is 0.00848. The van der Waals surface area contributed by atoms with E-state index < -0.39 is 133 Å². The second kappa shape index (κ2) is 19.1. The van der Waals surface area contributed by atoms with Gasteiger partial charge in [0.25, 0.3) is 0 Å². The van der Waals surface area contributed by atoms with Crippen LogP contribution in [0.15, 0.2) is 25.3 Å². The van der Waals surface area contributed by atoms with E-state index in [1.165, 1.54) is 10.9 Å². The zero-order chi connectivity index (χ0) is 48.3. The van der Waals surface area contributed by atoms with Gasteiger partial charge in [-0.25, -0.2) is 52.7 Å². The molecule has 0 spiro atoms. The van der Waals surface area contributed by atoms with Gasteiger partial charge in [0, 0.05) is 0 Å². The van der Waals surface area contributed by atoms with Crippen molar-refractivity contribution in [2.45, 2.75) is 73.7 Å². The van der Waals surface area contributed by atoms with Gasteiger partial charge in [-0.15, -0.1) is 0 Å². The smallest absolute Gasteiger partial charge is 0.387 e. The lowest BCUT2D eigenvalue weighted by Crippen LogP contribution is -2.42. The fourth-order valence-corrected chi connectivity index (χ4v) is 11.7. The van der Waals surface area contributed by atoms with Crippen molar-refractivity contribution in [3.8, 4) is 0 Å². The van der Waals surface area contributed by atoms with Gasteiger partial charge in [0.05, 0.1) is 32.5 Å². The number of aliphatic hydroxyl groups is 5. The Hall–Kier alpha value is -2.99. The van der Waals surface area contributed by atoms with Crippen LogP contribution in [0.2, 0.25) is 0 Å². The lowest BCUT2D eigenvalue weighted by atomic mass is 10.1. The molecule has 0 aromatic carbocycles. The maximum Gasteiger partial charge on any atom is 0.490 e. The van der Waals surface area contributed by atoms with Crippen molar-refractivity contribution in [2.75, 3.05) is 31.3 Å². The Morgan fingerprint density at radius 1 is 0.530 bits per heavy atom. The highest BCUT2D eigenvalue weighted by Gasteiger charge is 2.53. The molecule has 3 saturated heterocycles. The molecule has 66 heavy (non-hydrogen) atoms. The minimum atomic E-state index is -5.95. The summed E-state index contributed by atoms with van der Waals surface area (Å²) in [5, 5.41) is 54.0. The fraction of sp³-hybridized carbons (Fsp3) is 0.600. The standard InChI is InChI=1S/C25H37N10O26P5/c26-19-11-21(30-4-28-19)34(6-32-11)23-16(39)13(36)8(55-23)1-52-63(44,45)60-64(46,47)53-2-9-14(37)17(40)25(57-9)58-18-15(38)10(3-54-65(48,49)61-66(50,51)59-62(41,42)43)56-24(18)35-7-33-12-20(27)29-5-31-22(12)35/h4-10,13-18,23-25,36-40H,1-3H2,(H,44,45)(H,46,47)(H,48,49)(H,50,51)(H2,26,28,30)(H2,27,29,31)(H2,41,42,43)/t8-,9-,10-,13-,14-,15-,16-,17-,18-,23-,24-,25+/m1/s1. The van der Waals surface area contributed by atoms with E-state index in [9.17, 15) is 67.9 Å². The van der Waals surface area contributed by atoms with Gasteiger partial charge in [0.15, 0.2) is 41.7 Å². The summed E-state index contributed by atoms with van der Waals surface area (Å²) in [6.07, 6.45) is -17.2. The second-order valence-corrected chi connectivity index (χ2v) is 21.4. The average molecular weight is 1050 g/mol. The van der Waals surface area contributed by atoms with Crippen molar-refractivity contribution in [1.82, 2.24) is 39.0 Å². The number of nitrogens with zero attached hydrogens (tertiary/aromatic N) is 8. The van der Waals surface area contributed by atoms with Crippen molar-refractivity contribution in [3.63, 3.8) is 0 Å². The third-order valence-corrected chi connectivity index (χ3v) is 15.8. The summed E-state index contributed by atoms with van der Waals surface area (Å²) in [4.78, 5) is 81.1. The molecule has 16 atom stereocenters. The molecule has 4 unspecified atom stereocenters. The molecule has 0 saturated carbocycles. The number of rotatable bonds is 19. The summed E-state index contributed by atoms with van der Waals surface area (Å²) in [6.45, 7) is -3.42. The summed E-state index contributed by atoms with van der Waals surface area (Å²) in [5.74, 6) is -0.141. The normalized spacial score (nSPS) is 33.2. The van der Waals surface area contributed by atoms with Crippen molar-refractivity contribution < 1.29 is 123 Å². The zero-order valence-electron chi connectivity index (χ0n) is 32.4. The molecule has 0 aliphatic carbocycles. The van der Waals surface area contributed by atoms with Gasteiger partial charge in [0.2, 0.25) is 0 Å². The predicted octanol–water partition coefficient (Wildman–Crippen LogP) is -3.87. The number of aromatic nitrogens is 8. The maximum absolute atomic E-state index is 12.8. The van der Waals surface area contributed by atoms with Gasteiger partial charge < -0.3 is 85.3 Å². The number of fused-ring (bicyclic) bond motifs is 2. The fourth-order valence-electron chi connectivity index (χ4n) is 6.54. The van der Waals surface area contributed by atoms with Crippen LogP contribution in [0.5, 0.6) is 0 Å². The number of aliphatic hydroxyl groups excluding tert-OH is 5. The molecule has 4 aromatic rings. The van der Waals surface area contributed by atoms with Crippen LogP contribution in [-0.2, 0) is 68.3 Å². The SMILES string of the molecule is Nc1ncnc2c1ncn2[C@@H]1O[C@H](COP(=O)(O)OP(=O)(O)OC[C@H]2O[C@@H](O[C@@H]3[C@H](O)[C@@H](COP(=O)(O)OP(=O)(O)OP(=O)(O)O)O[C@H]3n3cnc4c(N)ncnc43)[C@H](O)[C@@H]2O)[C@@H](O)[C@H]1O. The molecular formula is C25H37N10O26P5. The molecule has 41 heteroatoms. The Kier molecular flexibility index (Phi) is 14.7. The lowest BCUT2D eigenvalue weighted by molar-refractivity contribution is -0.219. The molecule has 7 rings (SSSR count). The Labute approximate surface area is 365 Å². The zero-order valence-corrected chi connectivity index (χ0v) is 36.8. The summed E-state index contributed by atoms with van der Waals surface area (Å²) in [6, 6.07) is 0. The van der Waals surface area contributed by atoms with Crippen molar-refractivity contribution in [1.29, 1.82) is 0 Å². The van der Waals surface area contributed by atoms with Gasteiger partial charge >= 0.3 is 39.1 Å². The number of ether oxygens (including phenoxy) is 4. The molecule has 3 aliphatic rings. The molecular weight excluding hydrogens is 1010 g/mol. The van der Waals surface area contributed by atoms with E-state index in [1.807, 2.05) is 0 Å². The van der Waals surface area contributed by atoms with Crippen molar-refractivity contribution >= 4 is 73.1 Å². The van der Waals surface area contributed by atoms with Crippen LogP contribution in [0.25, 0.3) is 22.3 Å². The number of nitrogens with two attached hydrogens (primary N) is 2. The Morgan fingerprint density at radius 2 is 0.955 bits per heavy atom. The van der Waals surface area contributed by atoms with Crippen LogP contribution in [-0.4, -0.2) is 175 Å². The van der Waals surface area contributed by atoms with Crippen LogP contribution in [0.4, 0.5) is 11.6 Å². The molecule has 0 radical (unpaired) electrons. The van der Waals surface area contributed by atoms with Crippen molar-refractivity contribution in [2.24, 2.45) is 0 Å². The molecule has 3 fully saturated rings. The van der Waals surface area contributed by atoms with Crippen molar-refractivity contribution in [3.05, 3.63) is 25.3 Å². The second-order valence-electron chi connectivity index (χ2n) is 13.9. The first kappa shape index (κ1) is 50.9. The highest BCUT2D eigenvalue weighted by atomic mass is 31.3. The Balaban J connectivity index is 0.973. The number of nitrogen functional groups attached to an aromatic ring is 2. The molecule has 15 N–H and O–H groups in total. The number of imidazole rings is 2. The summed E-state index contributed by atoms with van der Waals surface area (Å²) in [5.41, 5.74) is 11.8. The van der Waals surface area contributed by atoms with Gasteiger partial charge in [0.1, 0.15) is 78.6 Å². The van der Waals surface area contributed by atoms with Crippen LogP contribution in [0.1, 0.15) is 12.5 Å². The molecule has 7 heterocycles. The highest BCUT2D eigenvalue weighted by molar-refractivity contribution is 7.66. The first-order valence-electron chi connectivity index (χ1n) is 18.0.